The SMILES string of the molecule is N#Cc1ccc(Oc2cc([C@H]3CC(=O)N(c4ccc(F)c(C(N)=O)c4)C3)ccc2Cl)cc1. The largest absolute Gasteiger partial charge is 0.456 e. The lowest BCUT2D eigenvalue weighted by atomic mass is 9.98. The van der Waals surface area contributed by atoms with Crippen LogP contribution in [0.4, 0.5) is 10.1 Å². The summed E-state index contributed by atoms with van der Waals surface area (Å²) in [5, 5.41) is 9.32. The average molecular weight is 450 g/mol. The van der Waals surface area contributed by atoms with Gasteiger partial charge in [-0.3, -0.25) is 9.59 Å². The molecule has 2 amide bonds. The fraction of sp³-hybridized carbons (Fsp3) is 0.125. The van der Waals surface area contributed by atoms with E-state index in [9.17, 15) is 14.0 Å². The van der Waals surface area contributed by atoms with E-state index < -0.39 is 11.7 Å². The van der Waals surface area contributed by atoms with Crippen molar-refractivity contribution in [1.29, 1.82) is 5.26 Å². The molecule has 0 bridgehead atoms. The van der Waals surface area contributed by atoms with Crippen molar-refractivity contribution in [2.45, 2.75) is 12.3 Å². The van der Waals surface area contributed by atoms with Crippen LogP contribution in [0.5, 0.6) is 11.5 Å². The minimum absolute atomic E-state index is 0.148. The van der Waals surface area contributed by atoms with E-state index in [0.29, 0.717) is 34.3 Å². The van der Waals surface area contributed by atoms with Gasteiger partial charge in [-0.25, -0.2) is 4.39 Å². The van der Waals surface area contributed by atoms with Crippen LogP contribution in [0.2, 0.25) is 5.02 Å². The van der Waals surface area contributed by atoms with Gasteiger partial charge in [0.2, 0.25) is 5.91 Å². The lowest BCUT2D eigenvalue weighted by Gasteiger charge is -2.18. The maximum atomic E-state index is 13.8. The van der Waals surface area contributed by atoms with Crippen LogP contribution in [0.3, 0.4) is 0 Å². The summed E-state index contributed by atoms with van der Waals surface area (Å²) >= 11 is 6.29. The van der Waals surface area contributed by atoms with Gasteiger partial charge in [-0.15, -0.1) is 0 Å². The molecule has 1 aliphatic heterocycles. The number of primary amides is 1. The zero-order valence-corrected chi connectivity index (χ0v) is 17.5. The molecule has 4 rings (SSSR count). The maximum Gasteiger partial charge on any atom is 0.251 e. The van der Waals surface area contributed by atoms with Gasteiger partial charge in [0.1, 0.15) is 17.3 Å². The molecule has 8 heteroatoms. The van der Waals surface area contributed by atoms with Gasteiger partial charge >= 0.3 is 0 Å². The summed E-state index contributed by atoms with van der Waals surface area (Å²) in [5.74, 6) is -0.969. The van der Waals surface area contributed by atoms with Gasteiger partial charge in [0, 0.05) is 24.6 Å². The molecule has 6 nitrogen and oxygen atoms in total. The summed E-state index contributed by atoms with van der Waals surface area (Å²) in [5.41, 5.74) is 6.74. The van der Waals surface area contributed by atoms with Crippen LogP contribution in [0.1, 0.15) is 33.8 Å². The number of hydrogen-bond donors (Lipinski definition) is 1. The molecular formula is C24H17ClFN3O3. The summed E-state index contributed by atoms with van der Waals surface area (Å²) in [7, 11) is 0. The third kappa shape index (κ3) is 4.27. The van der Waals surface area contributed by atoms with Gasteiger partial charge in [0.15, 0.2) is 0 Å². The van der Waals surface area contributed by atoms with Crippen molar-refractivity contribution >= 4 is 29.1 Å². The summed E-state index contributed by atoms with van der Waals surface area (Å²) in [6, 6.07) is 17.9. The van der Waals surface area contributed by atoms with Crippen molar-refractivity contribution in [1.82, 2.24) is 0 Å². The number of halogens is 2. The van der Waals surface area contributed by atoms with E-state index in [1.54, 1.807) is 36.4 Å². The molecule has 0 saturated carbocycles. The van der Waals surface area contributed by atoms with E-state index in [2.05, 4.69) is 0 Å². The number of benzene rings is 3. The van der Waals surface area contributed by atoms with Crippen LogP contribution in [0, 0.1) is 17.1 Å². The molecular weight excluding hydrogens is 433 g/mol. The van der Waals surface area contributed by atoms with Crippen LogP contribution in [-0.4, -0.2) is 18.4 Å². The third-order valence-electron chi connectivity index (χ3n) is 5.29. The summed E-state index contributed by atoms with van der Waals surface area (Å²) in [4.78, 5) is 25.6. The lowest BCUT2D eigenvalue weighted by molar-refractivity contribution is -0.117. The number of carbonyl (C=O) groups excluding carboxylic acids is 2. The Hall–Kier alpha value is -3.89. The second-order valence-corrected chi connectivity index (χ2v) is 7.77. The first-order valence-electron chi connectivity index (χ1n) is 9.73. The maximum absolute atomic E-state index is 13.8. The molecule has 0 radical (unpaired) electrons. The van der Waals surface area contributed by atoms with Crippen molar-refractivity contribution in [2.24, 2.45) is 5.73 Å². The topological polar surface area (TPSA) is 96.4 Å². The van der Waals surface area contributed by atoms with Crippen molar-refractivity contribution in [3.8, 4) is 17.6 Å². The van der Waals surface area contributed by atoms with Gasteiger partial charge in [0.05, 0.1) is 22.2 Å². The molecule has 3 aromatic rings. The highest BCUT2D eigenvalue weighted by Crippen LogP contribution is 2.37. The molecule has 160 valence electrons. The smallest absolute Gasteiger partial charge is 0.251 e. The zero-order valence-electron chi connectivity index (χ0n) is 16.7. The van der Waals surface area contributed by atoms with Crippen molar-refractivity contribution in [3.63, 3.8) is 0 Å². The van der Waals surface area contributed by atoms with Crippen molar-refractivity contribution in [3.05, 3.63) is 88.2 Å². The first kappa shape index (κ1) is 21.3. The monoisotopic (exact) mass is 449 g/mol. The molecule has 0 spiro atoms. The lowest BCUT2D eigenvalue weighted by Crippen LogP contribution is -2.25. The van der Waals surface area contributed by atoms with E-state index in [1.807, 2.05) is 12.1 Å². The Balaban J connectivity index is 1.56. The molecule has 3 aromatic carbocycles. The van der Waals surface area contributed by atoms with Crippen LogP contribution in [-0.2, 0) is 4.79 Å². The van der Waals surface area contributed by atoms with Crippen LogP contribution in [0.15, 0.2) is 60.7 Å². The normalized spacial score (nSPS) is 15.5. The highest BCUT2D eigenvalue weighted by molar-refractivity contribution is 6.32. The molecule has 1 aliphatic rings. The van der Waals surface area contributed by atoms with E-state index in [1.165, 1.54) is 17.0 Å². The minimum atomic E-state index is -0.894. The summed E-state index contributed by atoms with van der Waals surface area (Å²) in [6.45, 7) is 0.348. The van der Waals surface area contributed by atoms with Crippen LogP contribution < -0.4 is 15.4 Å². The zero-order chi connectivity index (χ0) is 22.8. The van der Waals surface area contributed by atoms with E-state index in [-0.39, 0.29) is 23.8 Å². The quantitative estimate of drug-likeness (QED) is 0.607. The third-order valence-corrected chi connectivity index (χ3v) is 5.60. The van der Waals surface area contributed by atoms with Crippen LogP contribution in [0.25, 0.3) is 0 Å². The van der Waals surface area contributed by atoms with E-state index in [4.69, 9.17) is 27.3 Å². The number of nitrogens with zero attached hydrogens (tertiary/aromatic N) is 2. The molecule has 1 fully saturated rings. The Kier molecular flexibility index (Phi) is 5.80. The molecule has 2 N–H and O–H groups in total. The first-order valence-corrected chi connectivity index (χ1v) is 10.1. The Morgan fingerprint density at radius 1 is 1.16 bits per heavy atom. The minimum Gasteiger partial charge on any atom is -0.456 e. The number of nitrogens with two attached hydrogens (primary N) is 1. The number of anilines is 1. The predicted molar refractivity (Wildman–Crippen MR) is 117 cm³/mol. The summed E-state index contributed by atoms with van der Waals surface area (Å²) in [6.07, 6.45) is 0.237. The van der Waals surface area contributed by atoms with Gasteiger partial charge in [-0.2, -0.15) is 5.26 Å². The second kappa shape index (κ2) is 8.69. The fourth-order valence-corrected chi connectivity index (χ4v) is 3.78. The highest BCUT2D eigenvalue weighted by atomic mass is 35.5. The molecule has 0 aromatic heterocycles. The molecule has 1 heterocycles. The summed E-state index contributed by atoms with van der Waals surface area (Å²) < 4.78 is 19.7. The fourth-order valence-electron chi connectivity index (χ4n) is 3.63. The Morgan fingerprint density at radius 3 is 2.59 bits per heavy atom. The number of nitriles is 1. The Morgan fingerprint density at radius 2 is 1.91 bits per heavy atom. The molecule has 0 unspecified atom stereocenters. The Labute approximate surface area is 188 Å². The Bertz CT molecular complexity index is 1250. The molecule has 0 aliphatic carbocycles. The average Bonchev–Trinajstić information content (AvgIpc) is 3.17. The molecule has 1 atom stereocenters. The van der Waals surface area contributed by atoms with Gasteiger partial charge in [0.25, 0.3) is 5.91 Å². The predicted octanol–water partition coefficient (Wildman–Crippen LogP) is 4.76. The van der Waals surface area contributed by atoms with E-state index >= 15 is 0 Å². The highest BCUT2D eigenvalue weighted by Gasteiger charge is 2.32. The molecule has 1 saturated heterocycles. The van der Waals surface area contributed by atoms with Crippen molar-refractivity contribution < 1.29 is 18.7 Å². The number of ether oxygens (including phenoxy) is 1. The van der Waals surface area contributed by atoms with E-state index in [0.717, 1.165) is 11.6 Å². The van der Waals surface area contributed by atoms with Crippen LogP contribution >= 0.6 is 11.6 Å². The van der Waals surface area contributed by atoms with Gasteiger partial charge < -0.3 is 15.4 Å². The number of carbonyl (C=O) groups is 2. The van der Waals surface area contributed by atoms with Crippen molar-refractivity contribution in [2.75, 3.05) is 11.4 Å². The first-order chi connectivity index (χ1) is 15.4. The standard InChI is InChI=1S/C24H17ClFN3O3/c25-20-7-3-15(9-22(20)32-18-5-1-14(12-27)2-6-18)16-10-23(30)29(13-16)17-4-8-21(26)19(11-17)24(28)31/h1-9,11,16H,10,13H2,(H2,28,31)/t16-/m0/s1. The number of rotatable bonds is 5. The number of hydrogen-bond acceptors (Lipinski definition) is 4. The second-order valence-electron chi connectivity index (χ2n) is 7.36. The number of amides is 2. The van der Waals surface area contributed by atoms with Gasteiger partial charge in [-0.1, -0.05) is 17.7 Å². The van der Waals surface area contributed by atoms with Gasteiger partial charge in [-0.05, 0) is 60.2 Å². The molecule has 32 heavy (non-hydrogen) atoms.